The average Bonchev–Trinajstić information content (AvgIpc) is 3.19. The summed E-state index contributed by atoms with van der Waals surface area (Å²) in [5.74, 6) is 0.999. The summed E-state index contributed by atoms with van der Waals surface area (Å²) in [4.78, 5) is 23.5. The molecule has 5 nitrogen and oxygen atoms in total. The Labute approximate surface area is 191 Å². The van der Waals surface area contributed by atoms with Crippen LogP contribution in [0.4, 0.5) is 0 Å². The number of piperidine rings is 1. The van der Waals surface area contributed by atoms with Crippen LogP contribution in [-0.2, 0) is 24.3 Å². The molecule has 1 fully saturated rings. The Hall–Kier alpha value is -2.63. The number of nitrogens with zero attached hydrogens (tertiary/aromatic N) is 3. The molecule has 0 aliphatic carbocycles. The molecule has 1 amide bonds. The lowest BCUT2D eigenvalue weighted by atomic mass is 9.96. The number of hydrogen-bond acceptors (Lipinski definition) is 3. The van der Waals surface area contributed by atoms with Crippen molar-refractivity contribution < 1.29 is 4.79 Å². The van der Waals surface area contributed by atoms with Crippen molar-refractivity contribution in [1.29, 1.82) is 0 Å². The molecule has 0 radical (unpaired) electrons. The topological polar surface area (TPSA) is 42.6 Å². The van der Waals surface area contributed by atoms with E-state index >= 15 is 0 Å². The molecule has 0 atom stereocenters. The van der Waals surface area contributed by atoms with Gasteiger partial charge in [0.15, 0.2) is 0 Å². The number of H-pyrrole nitrogens is 1. The zero-order valence-corrected chi connectivity index (χ0v) is 19.1. The SMILES string of the molecule is CN(Cc1ccccc1)CC1CCN(CC(=O)N2CCc3[nH]c4ccccc4c3C2)CC1. The van der Waals surface area contributed by atoms with E-state index in [1.54, 1.807) is 0 Å². The first kappa shape index (κ1) is 21.2. The lowest BCUT2D eigenvalue weighted by molar-refractivity contribution is -0.133. The second-order valence-corrected chi connectivity index (χ2v) is 9.59. The number of rotatable bonds is 6. The van der Waals surface area contributed by atoms with Crippen LogP contribution in [0.25, 0.3) is 10.9 Å². The molecule has 2 aromatic carbocycles. The number of aromatic nitrogens is 1. The van der Waals surface area contributed by atoms with Crippen molar-refractivity contribution >= 4 is 16.8 Å². The Morgan fingerprint density at radius 1 is 1.03 bits per heavy atom. The van der Waals surface area contributed by atoms with E-state index in [2.05, 4.69) is 81.3 Å². The minimum atomic E-state index is 0.278. The van der Waals surface area contributed by atoms with E-state index in [1.165, 1.54) is 40.6 Å². The predicted octanol–water partition coefficient (Wildman–Crippen LogP) is 3.90. The average molecular weight is 431 g/mol. The minimum Gasteiger partial charge on any atom is -0.358 e. The first-order valence-electron chi connectivity index (χ1n) is 12.0. The van der Waals surface area contributed by atoms with Crippen LogP contribution < -0.4 is 0 Å². The fraction of sp³-hybridized carbons (Fsp3) is 0.444. The number of aromatic amines is 1. The Morgan fingerprint density at radius 3 is 2.59 bits per heavy atom. The van der Waals surface area contributed by atoms with Crippen LogP contribution >= 0.6 is 0 Å². The lowest BCUT2D eigenvalue weighted by Crippen LogP contribution is -2.45. The largest absolute Gasteiger partial charge is 0.358 e. The Balaban J connectivity index is 1.09. The Kier molecular flexibility index (Phi) is 6.28. The van der Waals surface area contributed by atoms with Crippen molar-refractivity contribution in [2.45, 2.75) is 32.4 Å². The van der Waals surface area contributed by atoms with E-state index < -0.39 is 0 Å². The monoisotopic (exact) mass is 430 g/mol. The maximum atomic E-state index is 13.1. The van der Waals surface area contributed by atoms with Crippen LogP contribution in [0.15, 0.2) is 54.6 Å². The number of likely N-dealkylation sites (tertiary alicyclic amines) is 1. The van der Waals surface area contributed by atoms with Crippen molar-refractivity contribution in [3.05, 3.63) is 71.4 Å². The summed E-state index contributed by atoms with van der Waals surface area (Å²) >= 11 is 0. The van der Waals surface area contributed by atoms with Gasteiger partial charge in [-0.3, -0.25) is 9.69 Å². The summed E-state index contributed by atoms with van der Waals surface area (Å²) in [7, 11) is 2.22. The molecule has 3 aromatic rings. The maximum Gasteiger partial charge on any atom is 0.237 e. The molecule has 0 bridgehead atoms. The van der Waals surface area contributed by atoms with Crippen molar-refractivity contribution in [3.63, 3.8) is 0 Å². The number of carbonyl (C=O) groups is 1. The molecule has 1 saturated heterocycles. The molecule has 1 N–H and O–H groups in total. The molecular formula is C27H34N4O. The van der Waals surface area contributed by atoms with Gasteiger partial charge in [0.05, 0.1) is 6.54 Å². The third-order valence-corrected chi connectivity index (χ3v) is 7.17. The molecule has 0 saturated carbocycles. The van der Waals surface area contributed by atoms with Gasteiger partial charge >= 0.3 is 0 Å². The number of carbonyl (C=O) groups excluding carboxylic acids is 1. The van der Waals surface area contributed by atoms with E-state index in [4.69, 9.17) is 0 Å². The van der Waals surface area contributed by atoms with Crippen molar-refractivity contribution in [1.82, 2.24) is 19.7 Å². The summed E-state index contributed by atoms with van der Waals surface area (Å²) < 4.78 is 0. The van der Waals surface area contributed by atoms with Crippen LogP contribution in [0, 0.1) is 5.92 Å². The molecular weight excluding hydrogens is 396 g/mol. The van der Waals surface area contributed by atoms with Crippen LogP contribution in [0.5, 0.6) is 0 Å². The Morgan fingerprint density at radius 2 is 1.78 bits per heavy atom. The van der Waals surface area contributed by atoms with E-state index in [0.29, 0.717) is 6.54 Å². The summed E-state index contributed by atoms with van der Waals surface area (Å²) in [5, 5.41) is 1.26. The molecule has 5 heteroatoms. The van der Waals surface area contributed by atoms with Gasteiger partial charge in [0, 0.05) is 54.8 Å². The highest BCUT2D eigenvalue weighted by Crippen LogP contribution is 2.28. The summed E-state index contributed by atoms with van der Waals surface area (Å²) in [6.07, 6.45) is 3.28. The zero-order valence-electron chi connectivity index (χ0n) is 19.1. The van der Waals surface area contributed by atoms with Gasteiger partial charge in [-0.2, -0.15) is 0 Å². The van der Waals surface area contributed by atoms with Crippen molar-refractivity contribution in [2.75, 3.05) is 39.8 Å². The molecule has 0 unspecified atom stereocenters. The third-order valence-electron chi connectivity index (χ3n) is 7.17. The fourth-order valence-corrected chi connectivity index (χ4v) is 5.40. The van der Waals surface area contributed by atoms with Crippen LogP contribution in [-0.4, -0.2) is 65.4 Å². The number of benzene rings is 2. The first-order chi connectivity index (χ1) is 15.7. The number of fused-ring (bicyclic) bond motifs is 3. The maximum absolute atomic E-state index is 13.1. The van der Waals surface area contributed by atoms with Gasteiger partial charge < -0.3 is 14.8 Å². The number of nitrogens with one attached hydrogen (secondary N) is 1. The highest BCUT2D eigenvalue weighted by Gasteiger charge is 2.27. The molecule has 2 aliphatic rings. The molecule has 168 valence electrons. The van der Waals surface area contributed by atoms with E-state index in [-0.39, 0.29) is 5.91 Å². The number of hydrogen-bond donors (Lipinski definition) is 1. The van der Waals surface area contributed by atoms with Gasteiger partial charge in [-0.15, -0.1) is 0 Å². The molecule has 5 rings (SSSR count). The van der Waals surface area contributed by atoms with E-state index in [1.807, 2.05) is 0 Å². The van der Waals surface area contributed by atoms with Gasteiger partial charge in [0.1, 0.15) is 0 Å². The van der Waals surface area contributed by atoms with Crippen LogP contribution in [0.2, 0.25) is 0 Å². The van der Waals surface area contributed by atoms with Crippen molar-refractivity contribution in [3.8, 4) is 0 Å². The van der Waals surface area contributed by atoms with Crippen molar-refractivity contribution in [2.24, 2.45) is 5.92 Å². The van der Waals surface area contributed by atoms with Gasteiger partial charge in [-0.25, -0.2) is 0 Å². The normalized spacial score (nSPS) is 17.8. The van der Waals surface area contributed by atoms with Crippen LogP contribution in [0.3, 0.4) is 0 Å². The Bertz CT molecular complexity index is 1050. The molecule has 2 aliphatic heterocycles. The molecule has 3 heterocycles. The van der Waals surface area contributed by atoms with Gasteiger partial charge in [0.25, 0.3) is 0 Å². The third kappa shape index (κ3) is 4.74. The molecule has 32 heavy (non-hydrogen) atoms. The van der Waals surface area contributed by atoms with Gasteiger partial charge in [0.2, 0.25) is 5.91 Å². The lowest BCUT2D eigenvalue weighted by Gasteiger charge is -2.35. The molecule has 0 spiro atoms. The summed E-state index contributed by atoms with van der Waals surface area (Å²) in [5.41, 5.74) is 5.17. The zero-order chi connectivity index (χ0) is 21.9. The van der Waals surface area contributed by atoms with Crippen LogP contribution in [0.1, 0.15) is 29.7 Å². The highest BCUT2D eigenvalue weighted by molar-refractivity contribution is 5.86. The van der Waals surface area contributed by atoms with E-state index in [0.717, 1.165) is 51.6 Å². The second-order valence-electron chi connectivity index (χ2n) is 9.59. The standard InChI is InChI=1S/C27H34N4O/c1-29(17-21-7-3-2-4-8-21)18-22-11-14-30(15-12-22)20-27(32)31-16-13-26-24(19-31)23-9-5-6-10-25(23)28-26/h2-10,22,28H,11-20H2,1H3. The second kappa shape index (κ2) is 9.47. The summed E-state index contributed by atoms with van der Waals surface area (Å²) in [6.45, 7) is 6.31. The first-order valence-corrected chi connectivity index (χ1v) is 12.0. The number of amides is 1. The predicted molar refractivity (Wildman–Crippen MR) is 129 cm³/mol. The minimum absolute atomic E-state index is 0.278. The quantitative estimate of drug-likeness (QED) is 0.645. The van der Waals surface area contributed by atoms with E-state index in [9.17, 15) is 4.79 Å². The number of para-hydroxylation sites is 1. The smallest absolute Gasteiger partial charge is 0.237 e. The highest BCUT2D eigenvalue weighted by atomic mass is 16.2. The van der Waals surface area contributed by atoms with Gasteiger partial charge in [-0.1, -0.05) is 48.5 Å². The molecule has 1 aromatic heterocycles. The van der Waals surface area contributed by atoms with Gasteiger partial charge in [-0.05, 0) is 50.5 Å². The summed E-state index contributed by atoms with van der Waals surface area (Å²) in [6, 6.07) is 19.1. The fourth-order valence-electron chi connectivity index (χ4n) is 5.40.